The number of carbonyl (C=O) groups is 1. The molecule has 3 atom stereocenters. The minimum absolute atomic E-state index is 0.0506. The summed E-state index contributed by atoms with van der Waals surface area (Å²) in [5.41, 5.74) is 6.22. The van der Waals surface area contributed by atoms with Gasteiger partial charge in [0, 0.05) is 6.04 Å². The maximum absolute atomic E-state index is 12.2. The lowest BCUT2D eigenvalue weighted by molar-refractivity contribution is -0.124. The zero-order valence-corrected chi connectivity index (χ0v) is 13.2. The molecule has 1 amide bonds. The summed E-state index contributed by atoms with van der Waals surface area (Å²) < 4.78 is 0. The Bertz CT molecular complexity index is 283. The highest BCUT2D eigenvalue weighted by molar-refractivity contribution is 5.81. The molecule has 1 aliphatic rings. The van der Waals surface area contributed by atoms with Crippen LogP contribution in [0.3, 0.4) is 0 Å². The van der Waals surface area contributed by atoms with Gasteiger partial charge in [0.15, 0.2) is 0 Å². The van der Waals surface area contributed by atoms with E-state index in [-0.39, 0.29) is 17.4 Å². The van der Waals surface area contributed by atoms with Crippen molar-refractivity contribution in [2.24, 2.45) is 17.1 Å². The Balaban J connectivity index is 2.55. The number of unbranched alkanes of at least 4 members (excludes halogenated alkanes) is 1. The van der Waals surface area contributed by atoms with Crippen molar-refractivity contribution < 1.29 is 4.79 Å². The molecule has 3 unspecified atom stereocenters. The molecule has 0 heterocycles. The summed E-state index contributed by atoms with van der Waals surface area (Å²) >= 11 is 0. The SMILES string of the molecule is CCCCC(N)C(=O)NC1CCCCC1C(C)(C)C. The van der Waals surface area contributed by atoms with E-state index in [4.69, 9.17) is 5.73 Å². The molecule has 1 rings (SSSR count). The molecule has 3 nitrogen and oxygen atoms in total. The molecule has 112 valence electrons. The van der Waals surface area contributed by atoms with E-state index in [1.54, 1.807) is 0 Å². The number of nitrogens with two attached hydrogens (primary N) is 1. The van der Waals surface area contributed by atoms with Crippen LogP contribution < -0.4 is 11.1 Å². The fourth-order valence-electron chi connectivity index (χ4n) is 3.19. The zero-order chi connectivity index (χ0) is 14.5. The highest BCUT2D eigenvalue weighted by atomic mass is 16.2. The van der Waals surface area contributed by atoms with E-state index in [0.717, 1.165) is 25.7 Å². The van der Waals surface area contributed by atoms with E-state index in [2.05, 4.69) is 33.0 Å². The third kappa shape index (κ3) is 5.13. The van der Waals surface area contributed by atoms with Gasteiger partial charge in [-0.1, -0.05) is 53.4 Å². The summed E-state index contributed by atoms with van der Waals surface area (Å²) in [6, 6.07) is -0.0172. The monoisotopic (exact) mass is 268 g/mol. The van der Waals surface area contributed by atoms with Crippen molar-refractivity contribution in [1.82, 2.24) is 5.32 Å². The van der Waals surface area contributed by atoms with E-state index in [9.17, 15) is 4.79 Å². The summed E-state index contributed by atoms with van der Waals surface area (Å²) in [6.45, 7) is 8.96. The largest absolute Gasteiger partial charge is 0.352 e. The predicted octanol–water partition coefficient (Wildman–Crippen LogP) is 3.23. The average molecular weight is 268 g/mol. The number of nitrogens with one attached hydrogen (secondary N) is 1. The van der Waals surface area contributed by atoms with Crippen molar-refractivity contribution in [3.8, 4) is 0 Å². The molecule has 0 spiro atoms. The van der Waals surface area contributed by atoms with Crippen molar-refractivity contribution in [2.75, 3.05) is 0 Å². The molecule has 0 aromatic rings. The summed E-state index contributed by atoms with van der Waals surface area (Å²) in [5.74, 6) is 0.623. The highest BCUT2D eigenvalue weighted by Crippen LogP contribution is 2.37. The first-order chi connectivity index (χ1) is 8.86. The van der Waals surface area contributed by atoms with Gasteiger partial charge < -0.3 is 11.1 Å². The Kier molecular flexibility index (Phi) is 6.31. The molecular weight excluding hydrogens is 236 g/mol. The number of rotatable bonds is 5. The Morgan fingerprint density at radius 2 is 1.95 bits per heavy atom. The van der Waals surface area contributed by atoms with Crippen LogP contribution in [0, 0.1) is 11.3 Å². The third-order valence-electron chi connectivity index (χ3n) is 4.41. The molecule has 0 aromatic carbocycles. The molecule has 0 aromatic heterocycles. The quantitative estimate of drug-likeness (QED) is 0.804. The predicted molar refractivity (Wildman–Crippen MR) is 80.8 cm³/mol. The van der Waals surface area contributed by atoms with Crippen LogP contribution in [-0.4, -0.2) is 18.0 Å². The number of amides is 1. The van der Waals surface area contributed by atoms with E-state index in [0.29, 0.717) is 12.0 Å². The smallest absolute Gasteiger partial charge is 0.237 e. The Morgan fingerprint density at radius 1 is 1.32 bits per heavy atom. The van der Waals surface area contributed by atoms with Crippen LogP contribution in [0.15, 0.2) is 0 Å². The molecule has 1 aliphatic carbocycles. The lowest BCUT2D eigenvalue weighted by atomic mass is 9.69. The Labute approximate surface area is 118 Å². The zero-order valence-electron chi connectivity index (χ0n) is 13.2. The van der Waals surface area contributed by atoms with Crippen LogP contribution in [0.1, 0.15) is 72.6 Å². The van der Waals surface area contributed by atoms with Crippen molar-refractivity contribution >= 4 is 5.91 Å². The molecule has 0 aliphatic heterocycles. The second-order valence-electron chi connectivity index (χ2n) is 7.12. The van der Waals surface area contributed by atoms with Gasteiger partial charge in [-0.25, -0.2) is 0 Å². The minimum Gasteiger partial charge on any atom is -0.352 e. The molecular formula is C16H32N2O. The average Bonchev–Trinajstić information content (AvgIpc) is 2.35. The van der Waals surface area contributed by atoms with Gasteiger partial charge in [-0.2, -0.15) is 0 Å². The van der Waals surface area contributed by atoms with E-state index >= 15 is 0 Å². The van der Waals surface area contributed by atoms with E-state index in [1.807, 2.05) is 0 Å². The minimum atomic E-state index is -0.331. The van der Waals surface area contributed by atoms with Crippen molar-refractivity contribution in [3.63, 3.8) is 0 Å². The molecule has 0 saturated heterocycles. The first-order valence-corrected chi connectivity index (χ1v) is 7.92. The summed E-state index contributed by atoms with van der Waals surface area (Å²) in [6.07, 6.45) is 7.76. The lowest BCUT2D eigenvalue weighted by Crippen LogP contribution is -2.51. The van der Waals surface area contributed by atoms with Crippen LogP contribution in [0.25, 0.3) is 0 Å². The topological polar surface area (TPSA) is 55.1 Å². The third-order valence-corrected chi connectivity index (χ3v) is 4.41. The summed E-state index contributed by atoms with van der Waals surface area (Å²) in [7, 11) is 0. The highest BCUT2D eigenvalue weighted by Gasteiger charge is 2.35. The second-order valence-corrected chi connectivity index (χ2v) is 7.12. The summed E-state index contributed by atoms with van der Waals surface area (Å²) in [4.78, 5) is 12.2. The maximum atomic E-state index is 12.2. The van der Waals surface area contributed by atoms with Gasteiger partial charge >= 0.3 is 0 Å². The molecule has 1 fully saturated rings. The van der Waals surface area contributed by atoms with Crippen LogP contribution in [0.2, 0.25) is 0 Å². The first kappa shape index (κ1) is 16.5. The normalized spacial score (nSPS) is 25.9. The van der Waals surface area contributed by atoms with Crippen LogP contribution in [0.5, 0.6) is 0 Å². The van der Waals surface area contributed by atoms with Crippen molar-refractivity contribution in [3.05, 3.63) is 0 Å². The van der Waals surface area contributed by atoms with Crippen molar-refractivity contribution in [1.29, 1.82) is 0 Å². The summed E-state index contributed by atoms with van der Waals surface area (Å²) in [5, 5.41) is 3.22. The number of hydrogen-bond acceptors (Lipinski definition) is 2. The van der Waals surface area contributed by atoms with Gasteiger partial charge in [0.05, 0.1) is 6.04 Å². The Hall–Kier alpha value is -0.570. The molecule has 3 N–H and O–H groups in total. The van der Waals surface area contributed by atoms with E-state index < -0.39 is 0 Å². The van der Waals surface area contributed by atoms with Crippen LogP contribution in [0.4, 0.5) is 0 Å². The van der Waals surface area contributed by atoms with Crippen LogP contribution >= 0.6 is 0 Å². The second kappa shape index (κ2) is 7.28. The van der Waals surface area contributed by atoms with E-state index in [1.165, 1.54) is 19.3 Å². The van der Waals surface area contributed by atoms with Gasteiger partial charge in [0.1, 0.15) is 0 Å². The number of hydrogen-bond donors (Lipinski definition) is 2. The van der Waals surface area contributed by atoms with Crippen molar-refractivity contribution in [2.45, 2.75) is 84.7 Å². The molecule has 0 bridgehead atoms. The molecule has 0 radical (unpaired) electrons. The van der Waals surface area contributed by atoms with Crippen LogP contribution in [-0.2, 0) is 4.79 Å². The Morgan fingerprint density at radius 3 is 2.53 bits per heavy atom. The fraction of sp³-hybridized carbons (Fsp3) is 0.938. The van der Waals surface area contributed by atoms with Gasteiger partial charge in [0.25, 0.3) is 0 Å². The standard InChI is InChI=1S/C16H32N2O/c1-5-6-10-13(17)15(19)18-14-11-8-7-9-12(14)16(2,3)4/h12-14H,5-11,17H2,1-4H3,(H,18,19). The molecule has 1 saturated carbocycles. The maximum Gasteiger partial charge on any atom is 0.237 e. The van der Waals surface area contributed by atoms with Gasteiger partial charge in [-0.05, 0) is 30.6 Å². The van der Waals surface area contributed by atoms with Gasteiger partial charge in [-0.15, -0.1) is 0 Å². The first-order valence-electron chi connectivity index (χ1n) is 7.92. The molecule has 19 heavy (non-hydrogen) atoms. The van der Waals surface area contributed by atoms with Gasteiger partial charge in [-0.3, -0.25) is 4.79 Å². The number of carbonyl (C=O) groups excluding carboxylic acids is 1. The molecule has 3 heteroatoms. The fourth-order valence-corrected chi connectivity index (χ4v) is 3.19. The lowest BCUT2D eigenvalue weighted by Gasteiger charge is -2.41. The van der Waals surface area contributed by atoms with Gasteiger partial charge in [0.2, 0.25) is 5.91 Å².